The molecule has 0 unspecified atom stereocenters. The van der Waals surface area contributed by atoms with Crippen LogP contribution < -0.4 is 0 Å². The average Bonchev–Trinajstić information content (AvgIpc) is 2.36. The lowest BCUT2D eigenvalue weighted by molar-refractivity contribution is 0.0927. The summed E-state index contributed by atoms with van der Waals surface area (Å²) in [5.41, 5.74) is 2.25. The Kier molecular flexibility index (Phi) is 5.55. The zero-order valence-electron chi connectivity index (χ0n) is 14.6. The summed E-state index contributed by atoms with van der Waals surface area (Å²) < 4.78 is 0. The summed E-state index contributed by atoms with van der Waals surface area (Å²) in [5.74, 6) is 0. The zero-order chi connectivity index (χ0) is 17.1. The minimum atomic E-state index is -1.08. The van der Waals surface area contributed by atoms with Crippen molar-refractivity contribution in [2.75, 3.05) is 0 Å². The highest BCUT2D eigenvalue weighted by Crippen LogP contribution is 2.33. The van der Waals surface area contributed by atoms with Crippen LogP contribution in [0.3, 0.4) is 0 Å². The molecule has 1 aromatic rings. The van der Waals surface area contributed by atoms with Crippen LogP contribution in [0.5, 0.6) is 0 Å². The summed E-state index contributed by atoms with van der Waals surface area (Å²) in [5, 5.41) is 20.9. The highest BCUT2D eigenvalue weighted by Gasteiger charge is 2.30. The molecule has 0 heterocycles. The van der Waals surface area contributed by atoms with Crippen molar-refractivity contribution in [1.29, 1.82) is 0 Å². The molecule has 0 aliphatic rings. The van der Waals surface area contributed by atoms with Crippen LogP contribution in [-0.4, -0.2) is 21.4 Å². The van der Waals surface area contributed by atoms with E-state index in [2.05, 4.69) is 6.58 Å². The molecule has 2 N–H and O–H groups in total. The summed E-state index contributed by atoms with van der Waals surface area (Å²) >= 11 is 0. The maximum Gasteiger partial charge on any atom is 0.0844 e. The van der Waals surface area contributed by atoms with Crippen LogP contribution in [0.4, 0.5) is 0 Å². The molecule has 0 aliphatic carbocycles. The van der Waals surface area contributed by atoms with E-state index in [4.69, 9.17) is 0 Å². The molecule has 0 saturated heterocycles. The molecule has 0 fully saturated rings. The van der Waals surface area contributed by atoms with Crippen molar-refractivity contribution >= 4 is 5.57 Å². The lowest BCUT2D eigenvalue weighted by atomic mass is 9.81. The molecule has 0 amide bonds. The molecule has 1 rings (SSSR count). The minimum Gasteiger partial charge on any atom is -0.386 e. The molecule has 2 heteroatoms. The van der Waals surface area contributed by atoms with Crippen LogP contribution in [0, 0.1) is 6.92 Å². The van der Waals surface area contributed by atoms with Crippen LogP contribution >= 0.6 is 0 Å². The summed E-state index contributed by atoms with van der Waals surface area (Å²) in [6.07, 6.45) is 3.71. The maximum absolute atomic E-state index is 10.5. The van der Waals surface area contributed by atoms with Crippen molar-refractivity contribution in [2.45, 2.75) is 52.7 Å². The minimum absolute atomic E-state index is 0.677. The molecule has 0 saturated carbocycles. The first-order valence-corrected chi connectivity index (χ1v) is 7.57. The Hall–Kier alpha value is -1.64. The van der Waals surface area contributed by atoms with E-state index in [9.17, 15) is 10.2 Å². The Morgan fingerprint density at radius 1 is 1.00 bits per heavy atom. The number of rotatable bonds is 5. The van der Waals surface area contributed by atoms with Gasteiger partial charge in [0.1, 0.15) is 0 Å². The summed E-state index contributed by atoms with van der Waals surface area (Å²) in [6.45, 7) is 14.9. The van der Waals surface area contributed by atoms with E-state index in [1.54, 1.807) is 27.7 Å². The fourth-order valence-corrected chi connectivity index (χ4v) is 2.61. The fourth-order valence-electron chi connectivity index (χ4n) is 2.61. The first kappa shape index (κ1) is 18.4. The van der Waals surface area contributed by atoms with Gasteiger partial charge in [-0.25, -0.2) is 0 Å². The molecule has 22 heavy (non-hydrogen) atoms. The predicted octanol–water partition coefficient (Wildman–Crippen LogP) is 4.42. The van der Waals surface area contributed by atoms with E-state index in [0.29, 0.717) is 11.1 Å². The van der Waals surface area contributed by atoms with Crippen molar-refractivity contribution in [3.8, 4) is 0 Å². The van der Waals surface area contributed by atoms with Gasteiger partial charge < -0.3 is 10.2 Å². The van der Waals surface area contributed by atoms with E-state index in [1.807, 2.05) is 50.3 Å². The second kappa shape index (κ2) is 6.64. The van der Waals surface area contributed by atoms with Crippen molar-refractivity contribution in [3.63, 3.8) is 0 Å². The van der Waals surface area contributed by atoms with Crippen molar-refractivity contribution in [2.24, 2.45) is 0 Å². The van der Waals surface area contributed by atoms with Crippen molar-refractivity contribution < 1.29 is 10.2 Å². The maximum atomic E-state index is 10.5. The largest absolute Gasteiger partial charge is 0.386 e. The second-order valence-electron chi connectivity index (χ2n) is 6.72. The number of benzene rings is 1. The second-order valence-corrected chi connectivity index (χ2v) is 6.72. The van der Waals surface area contributed by atoms with Crippen LogP contribution in [0.25, 0.3) is 5.57 Å². The topological polar surface area (TPSA) is 40.5 Å². The average molecular weight is 300 g/mol. The van der Waals surface area contributed by atoms with Gasteiger partial charge in [-0.2, -0.15) is 0 Å². The SMILES string of the molecule is C=C(/C=C(\C(=C/C)C(C)(C)O)C(C)(C)O)c1ccccc1C. The molecule has 1 aromatic carbocycles. The van der Waals surface area contributed by atoms with Crippen LogP contribution in [0.1, 0.15) is 45.7 Å². The number of hydrogen-bond donors (Lipinski definition) is 2. The van der Waals surface area contributed by atoms with Gasteiger partial charge in [0, 0.05) is 0 Å². The smallest absolute Gasteiger partial charge is 0.0844 e. The van der Waals surface area contributed by atoms with Gasteiger partial charge in [-0.3, -0.25) is 0 Å². The van der Waals surface area contributed by atoms with Crippen LogP contribution in [0.15, 0.2) is 54.1 Å². The van der Waals surface area contributed by atoms with E-state index < -0.39 is 11.2 Å². The first-order valence-electron chi connectivity index (χ1n) is 7.57. The monoisotopic (exact) mass is 300 g/mol. The van der Waals surface area contributed by atoms with E-state index >= 15 is 0 Å². The zero-order valence-corrected chi connectivity index (χ0v) is 14.6. The normalized spacial score (nSPS) is 14.2. The predicted molar refractivity (Wildman–Crippen MR) is 94.6 cm³/mol. The fraction of sp³-hybridized carbons (Fsp3) is 0.400. The highest BCUT2D eigenvalue weighted by atomic mass is 16.3. The van der Waals surface area contributed by atoms with E-state index in [-0.39, 0.29) is 0 Å². The quantitative estimate of drug-likeness (QED) is 0.790. The van der Waals surface area contributed by atoms with Gasteiger partial charge in [0.25, 0.3) is 0 Å². The Morgan fingerprint density at radius 2 is 1.50 bits per heavy atom. The Bertz CT molecular complexity index is 605. The van der Waals surface area contributed by atoms with Gasteiger partial charge in [-0.1, -0.05) is 36.9 Å². The number of aryl methyl sites for hydroxylation is 1. The van der Waals surface area contributed by atoms with Crippen molar-refractivity contribution in [1.82, 2.24) is 0 Å². The lowest BCUT2D eigenvalue weighted by Crippen LogP contribution is -2.32. The van der Waals surface area contributed by atoms with Crippen molar-refractivity contribution in [3.05, 3.63) is 65.3 Å². The van der Waals surface area contributed by atoms with Gasteiger partial charge in [0.15, 0.2) is 0 Å². The van der Waals surface area contributed by atoms with Gasteiger partial charge in [-0.15, -0.1) is 0 Å². The number of hydrogen-bond acceptors (Lipinski definition) is 2. The van der Waals surface area contributed by atoms with Gasteiger partial charge >= 0.3 is 0 Å². The van der Waals surface area contributed by atoms with Crippen LogP contribution in [0.2, 0.25) is 0 Å². The van der Waals surface area contributed by atoms with Crippen LogP contribution in [-0.2, 0) is 0 Å². The van der Waals surface area contributed by atoms with Gasteiger partial charge in [-0.05, 0) is 75.5 Å². The van der Waals surface area contributed by atoms with E-state index in [0.717, 1.165) is 16.7 Å². The molecule has 0 spiro atoms. The molecule has 0 radical (unpaired) electrons. The van der Waals surface area contributed by atoms with Gasteiger partial charge in [0.2, 0.25) is 0 Å². The van der Waals surface area contributed by atoms with Gasteiger partial charge in [0.05, 0.1) is 11.2 Å². The number of aliphatic hydroxyl groups is 2. The molecule has 0 aliphatic heterocycles. The first-order chi connectivity index (χ1) is 9.98. The summed E-state index contributed by atoms with van der Waals surface area (Å²) in [7, 11) is 0. The summed E-state index contributed by atoms with van der Waals surface area (Å²) in [6, 6.07) is 8.00. The highest BCUT2D eigenvalue weighted by molar-refractivity contribution is 5.76. The molecule has 0 atom stereocenters. The third-order valence-electron chi connectivity index (χ3n) is 3.71. The molecule has 0 bridgehead atoms. The lowest BCUT2D eigenvalue weighted by Gasteiger charge is -2.31. The molecular weight excluding hydrogens is 272 g/mol. The third-order valence-corrected chi connectivity index (χ3v) is 3.71. The Morgan fingerprint density at radius 3 is 1.91 bits per heavy atom. The molecular formula is C20H28O2. The molecule has 120 valence electrons. The summed E-state index contributed by atoms with van der Waals surface area (Å²) in [4.78, 5) is 0. The van der Waals surface area contributed by atoms with E-state index in [1.165, 1.54) is 0 Å². The molecule has 0 aromatic heterocycles. The Labute approximate surface area is 134 Å². The molecule has 2 nitrogen and oxygen atoms in total. The number of allylic oxidation sites excluding steroid dienone is 3. The third kappa shape index (κ3) is 4.43. The standard InChI is InChI=1S/C20H28O2/c1-8-17(19(4,5)21)18(20(6,7)22)13-15(3)16-12-10-9-11-14(16)2/h8-13,21-22H,3H2,1-2,4-7H3/b17-8+,18-13+. The Balaban J connectivity index is 3.42.